The van der Waals surface area contributed by atoms with E-state index in [0.29, 0.717) is 5.92 Å². The van der Waals surface area contributed by atoms with Gasteiger partial charge in [0.1, 0.15) is 11.5 Å². The maximum absolute atomic E-state index is 5.60. The maximum atomic E-state index is 5.60. The minimum atomic E-state index is 0.349. The van der Waals surface area contributed by atoms with E-state index in [0.717, 1.165) is 23.9 Å². The molecule has 0 radical (unpaired) electrons. The van der Waals surface area contributed by atoms with Crippen LogP contribution in [0.4, 0.5) is 0 Å². The largest absolute Gasteiger partial charge is 0.466 e. The maximum Gasteiger partial charge on any atom is 0.268 e. The molecule has 2 rings (SSSR count). The number of nitrogens with one attached hydrogen (secondary N) is 1. The molecular formula is C12H17N2O+. The summed E-state index contributed by atoms with van der Waals surface area (Å²) >= 11 is 0. The molecule has 0 amide bonds. The van der Waals surface area contributed by atoms with Crippen LogP contribution in [0.3, 0.4) is 0 Å². The van der Waals surface area contributed by atoms with Crippen LogP contribution in [0.25, 0.3) is 0 Å². The first-order valence-electron chi connectivity index (χ1n) is 5.19. The van der Waals surface area contributed by atoms with Crippen LogP contribution >= 0.6 is 0 Å². The van der Waals surface area contributed by atoms with Crippen molar-refractivity contribution < 1.29 is 8.99 Å². The van der Waals surface area contributed by atoms with E-state index >= 15 is 0 Å². The summed E-state index contributed by atoms with van der Waals surface area (Å²) in [5.74, 6) is 3.51. The molecule has 0 unspecified atom stereocenters. The van der Waals surface area contributed by atoms with Crippen LogP contribution in [0, 0.1) is 6.92 Å². The summed E-state index contributed by atoms with van der Waals surface area (Å²) in [6.07, 6.45) is 4.29. The molecule has 0 fully saturated rings. The van der Waals surface area contributed by atoms with Crippen molar-refractivity contribution in [2.75, 3.05) is 20.6 Å². The van der Waals surface area contributed by atoms with Crippen LogP contribution in [0.5, 0.6) is 0 Å². The first kappa shape index (κ1) is 10.0. The lowest BCUT2D eigenvalue weighted by molar-refractivity contribution is -0.465. The van der Waals surface area contributed by atoms with E-state index in [1.54, 1.807) is 0 Å². The number of hydrogen-bond acceptors (Lipinski definition) is 1. The van der Waals surface area contributed by atoms with E-state index in [-0.39, 0.29) is 0 Å². The number of furan rings is 1. The molecule has 1 aliphatic rings. The van der Waals surface area contributed by atoms with Crippen molar-refractivity contribution in [3.8, 4) is 0 Å². The van der Waals surface area contributed by atoms with Crippen molar-refractivity contribution >= 4 is 5.84 Å². The average molecular weight is 205 g/mol. The van der Waals surface area contributed by atoms with Gasteiger partial charge in [-0.1, -0.05) is 6.08 Å². The van der Waals surface area contributed by atoms with Gasteiger partial charge in [-0.25, -0.2) is 0 Å². The average Bonchev–Trinajstić information content (AvgIpc) is 2.65. The topological polar surface area (TPSA) is 28.2 Å². The molecule has 80 valence electrons. The van der Waals surface area contributed by atoms with Gasteiger partial charge in [-0.3, -0.25) is 9.89 Å². The summed E-state index contributed by atoms with van der Waals surface area (Å²) in [5, 5.41) is 3.37. The Kier molecular flexibility index (Phi) is 2.62. The number of nitrogens with zero attached hydrogens (tertiary/aromatic N) is 1. The molecule has 0 aliphatic carbocycles. The molecule has 0 aromatic carbocycles. The van der Waals surface area contributed by atoms with Crippen LogP contribution in [-0.2, 0) is 0 Å². The zero-order valence-corrected chi connectivity index (χ0v) is 9.45. The van der Waals surface area contributed by atoms with E-state index in [2.05, 4.69) is 22.0 Å². The molecule has 2 heterocycles. The zero-order chi connectivity index (χ0) is 10.8. The van der Waals surface area contributed by atoms with Crippen LogP contribution in [0.2, 0.25) is 0 Å². The number of aryl methyl sites for hydroxylation is 1. The molecule has 1 aromatic heterocycles. The second-order valence-corrected chi connectivity index (χ2v) is 4.07. The van der Waals surface area contributed by atoms with Gasteiger partial charge in [0.05, 0.1) is 26.6 Å². The van der Waals surface area contributed by atoms with Gasteiger partial charge < -0.3 is 4.42 Å². The summed E-state index contributed by atoms with van der Waals surface area (Å²) in [4.78, 5) is 0. The van der Waals surface area contributed by atoms with Gasteiger partial charge in [-0.15, -0.1) is 0 Å². The fourth-order valence-electron chi connectivity index (χ4n) is 1.70. The molecule has 3 heteroatoms. The molecule has 1 atom stereocenters. The minimum Gasteiger partial charge on any atom is -0.466 e. The highest BCUT2D eigenvalue weighted by molar-refractivity contribution is 5.89. The van der Waals surface area contributed by atoms with Crippen LogP contribution in [-0.4, -0.2) is 31.1 Å². The Morgan fingerprint density at radius 2 is 2.20 bits per heavy atom. The standard InChI is InChI=1S/C12H16N2O/c1-9-4-6-11(15-9)10-5-7-12(13-8-10)14(2)3/h4-7,10H,8H2,1-3H3/p+1/t10-/m1/s1. The first-order chi connectivity index (χ1) is 7.16. The van der Waals surface area contributed by atoms with E-state index < -0.39 is 0 Å². The Morgan fingerprint density at radius 3 is 2.67 bits per heavy atom. The van der Waals surface area contributed by atoms with Crippen LogP contribution < -0.4 is 5.32 Å². The highest BCUT2D eigenvalue weighted by Gasteiger charge is 2.20. The fraction of sp³-hybridized carbons (Fsp3) is 0.417. The van der Waals surface area contributed by atoms with Crippen LogP contribution in [0.15, 0.2) is 28.7 Å². The van der Waals surface area contributed by atoms with E-state index in [9.17, 15) is 0 Å². The lowest BCUT2D eigenvalue weighted by Crippen LogP contribution is -2.35. The van der Waals surface area contributed by atoms with Gasteiger partial charge in [0.15, 0.2) is 0 Å². The molecule has 0 spiro atoms. The van der Waals surface area contributed by atoms with Crippen LogP contribution in [0.1, 0.15) is 17.4 Å². The molecule has 0 bridgehead atoms. The summed E-state index contributed by atoms with van der Waals surface area (Å²) in [7, 11) is 4.06. The van der Waals surface area contributed by atoms with E-state index in [1.807, 2.05) is 33.2 Å². The molecule has 0 saturated carbocycles. The van der Waals surface area contributed by atoms with Crippen molar-refractivity contribution in [1.82, 2.24) is 5.32 Å². The monoisotopic (exact) mass is 205 g/mol. The highest BCUT2D eigenvalue weighted by atomic mass is 16.3. The fourth-order valence-corrected chi connectivity index (χ4v) is 1.70. The minimum absolute atomic E-state index is 0.349. The summed E-state index contributed by atoms with van der Waals surface area (Å²) < 4.78 is 7.67. The lowest BCUT2D eigenvalue weighted by Gasteiger charge is -2.14. The summed E-state index contributed by atoms with van der Waals surface area (Å²) in [6, 6.07) is 4.06. The Bertz CT molecular complexity index is 411. The van der Waals surface area contributed by atoms with Gasteiger partial charge >= 0.3 is 0 Å². The Morgan fingerprint density at radius 1 is 1.40 bits per heavy atom. The SMILES string of the molecule is Cc1ccc([C@@H]2C=CC(=[N+](C)C)NC2)o1. The Labute approximate surface area is 90.1 Å². The Hall–Kier alpha value is -1.51. The third kappa shape index (κ3) is 2.12. The number of rotatable bonds is 1. The van der Waals surface area contributed by atoms with Crippen molar-refractivity contribution in [3.05, 3.63) is 35.8 Å². The van der Waals surface area contributed by atoms with Crippen molar-refractivity contribution in [2.45, 2.75) is 12.8 Å². The molecule has 1 aromatic rings. The molecule has 1 aliphatic heterocycles. The zero-order valence-electron chi connectivity index (χ0n) is 9.45. The van der Waals surface area contributed by atoms with Gasteiger partial charge in [-0.2, -0.15) is 0 Å². The molecule has 15 heavy (non-hydrogen) atoms. The predicted octanol–water partition coefficient (Wildman–Crippen LogP) is 1.50. The number of amidine groups is 1. The van der Waals surface area contributed by atoms with Gasteiger partial charge in [0.2, 0.25) is 0 Å². The quantitative estimate of drug-likeness (QED) is 0.704. The molecule has 3 nitrogen and oxygen atoms in total. The predicted molar refractivity (Wildman–Crippen MR) is 60.4 cm³/mol. The van der Waals surface area contributed by atoms with E-state index in [4.69, 9.17) is 4.42 Å². The molecular weight excluding hydrogens is 188 g/mol. The second-order valence-electron chi connectivity index (χ2n) is 4.07. The van der Waals surface area contributed by atoms with Crippen molar-refractivity contribution in [2.24, 2.45) is 0 Å². The van der Waals surface area contributed by atoms with E-state index in [1.165, 1.54) is 0 Å². The molecule has 1 N–H and O–H groups in total. The normalized spacial score (nSPS) is 20.2. The summed E-state index contributed by atoms with van der Waals surface area (Å²) in [6.45, 7) is 2.87. The molecule has 0 saturated heterocycles. The van der Waals surface area contributed by atoms with Crippen molar-refractivity contribution in [3.63, 3.8) is 0 Å². The number of hydrogen-bond donors (Lipinski definition) is 1. The van der Waals surface area contributed by atoms with Crippen molar-refractivity contribution in [1.29, 1.82) is 0 Å². The lowest BCUT2D eigenvalue weighted by atomic mass is 10.0. The smallest absolute Gasteiger partial charge is 0.268 e. The van der Waals surface area contributed by atoms with Gasteiger partial charge in [0.25, 0.3) is 5.84 Å². The highest BCUT2D eigenvalue weighted by Crippen LogP contribution is 2.20. The summed E-state index contributed by atoms with van der Waals surface area (Å²) in [5.41, 5.74) is 0. The third-order valence-electron chi connectivity index (χ3n) is 2.60. The van der Waals surface area contributed by atoms with Gasteiger partial charge in [0, 0.05) is 6.08 Å². The Balaban J connectivity index is 2.17. The third-order valence-corrected chi connectivity index (χ3v) is 2.60. The second kappa shape index (κ2) is 3.93. The first-order valence-corrected chi connectivity index (χ1v) is 5.19. The van der Waals surface area contributed by atoms with Gasteiger partial charge in [-0.05, 0) is 19.1 Å².